The average Bonchev–Trinajstić information content (AvgIpc) is 2.84. The van der Waals surface area contributed by atoms with Crippen LogP contribution in [-0.4, -0.2) is 53.3 Å². The number of carbonyl (C=O) groups is 1. The number of alkyl halides is 3. The summed E-state index contributed by atoms with van der Waals surface area (Å²) in [5.74, 6) is 0.824. The number of hydrogen-bond acceptors (Lipinski definition) is 3. The number of ether oxygens (including phenoxy) is 1. The maximum Gasteiger partial charge on any atom is 0.411 e. The molecule has 0 saturated carbocycles. The molecule has 0 spiro atoms. The Labute approximate surface area is 120 Å². The summed E-state index contributed by atoms with van der Waals surface area (Å²) >= 11 is 0. The molecule has 1 atom stereocenters. The van der Waals surface area contributed by atoms with Crippen molar-refractivity contribution in [2.24, 2.45) is 5.92 Å². The molecule has 0 fully saturated rings. The summed E-state index contributed by atoms with van der Waals surface area (Å²) in [4.78, 5) is 17.4. The molecule has 5 nitrogen and oxygen atoms in total. The van der Waals surface area contributed by atoms with Crippen LogP contribution in [0.15, 0.2) is 12.4 Å². The Balaban J connectivity index is 1.74. The van der Waals surface area contributed by atoms with Crippen LogP contribution in [0.3, 0.4) is 0 Å². The van der Waals surface area contributed by atoms with Gasteiger partial charge in [-0.1, -0.05) is 0 Å². The Hall–Kier alpha value is -1.57. The third kappa shape index (κ3) is 4.73. The van der Waals surface area contributed by atoms with Crippen molar-refractivity contribution in [3.05, 3.63) is 18.2 Å². The molecule has 0 bridgehead atoms. The van der Waals surface area contributed by atoms with Crippen molar-refractivity contribution in [3.63, 3.8) is 0 Å². The summed E-state index contributed by atoms with van der Waals surface area (Å²) in [6, 6.07) is 0. The molecule has 2 rings (SSSR count). The van der Waals surface area contributed by atoms with Crippen LogP contribution in [0, 0.1) is 5.92 Å². The van der Waals surface area contributed by atoms with Gasteiger partial charge in [-0.15, -0.1) is 0 Å². The molecule has 1 aromatic rings. The van der Waals surface area contributed by atoms with Crippen LogP contribution >= 0.6 is 0 Å². The second-order valence-corrected chi connectivity index (χ2v) is 5.28. The highest BCUT2D eigenvalue weighted by atomic mass is 19.4. The molecule has 8 heteroatoms. The van der Waals surface area contributed by atoms with Gasteiger partial charge in [-0.25, -0.2) is 4.98 Å². The maximum absolute atomic E-state index is 11.9. The third-order valence-electron chi connectivity index (χ3n) is 3.50. The van der Waals surface area contributed by atoms with E-state index in [9.17, 15) is 18.0 Å². The Kier molecular flexibility index (Phi) is 4.87. The number of amides is 1. The minimum Gasteiger partial charge on any atom is -0.362 e. The van der Waals surface area contributed by atoms with Gasteiger partial charge in [0, 0.05) is 39.0 Å². The van der Waals surface area contributed by atoms with Crippen molar-refractivity contribution in [2.45, 2.75) is 25.6 Å². The quantitative estimate of drug-likeness (QED) is 0.828. The highest BCUT2D eigenvalue weighted by molar-refractivity contribution is 5.77. The first-order valence-electron chi connectivity index (χ1n) is 6.73. The van der Waals surface area contributed by atoms with Crippen molar-refractivity contribution < 1.29 is 22.7 Å². The summed E-state index contributed by atoms with van der Waals surface area (Å²) in [5.41, 5.74) is 0. The van der Waals surface area contributed by atoms with Gasteiger partial charge in [0.25, 0.3) is 0 Å². The van der Waals surface area contributed by atoms with Crippen LogP contribution < -0.4 is 0 Å². The minimum absolute atomic E-state index is 0.275. The van der Waals surface area contributed by atoms with Gasteiger partial charge >= 0.3 is 6.18 Å². The second kappa shape index (κ2) is 6.46. The fraction of sp³-hybridized carbons (Fsp3) is 0.692. The lowest BCUT2D eigenvalue weighted by atomic mass is 9.97. The fourth-order valence-electron chi connectivity index (χ4n) is 2.42. The Morgan fingerprint density at radius 3 is 3.05 bits per heavy atom. The molecular weight excluding hydrogens is 287 g/mol. The Bertz CT molecular complexity index is 487. The van der Waals surface area contributed by atoms with Crippen LogP contribution in [0.5, 0.6) is 0 Å². The number of aryl methyl sites for hydroxylation is 1. The standard InChI is InChI=1S/C13H18F3N3O2/c1-18(12(20)8-21-9-13(14,15)16)7-10-2-4-19-5-3-17-11(19)6-10/h3,5,10H,2,4,6-9H2,1H3. The number of aromatic nitrogens is 2. The normalized spacial score (nSPS) is 18.4. The lowest BCUT2D eigenvalue weighted by Gasteiger charge is -2.27. The van der Waals surface area contributed by atoms with Crippen molar-refractivity contribution in [3.8, 4) is 0 Å². The average molecular weight is 305 g/mol. The second-order valence-electron chi connectivity index (χ2n) is 5.28. The molecule has 21 heavy (non-hydrogen) atoms. The van der Waals surface area contributed by atoms with Gasteiger partial charge in [0.05, 0.1) is 0 Å². The van der Waals surface area contributed by atoms with Gasteiger partial charge in [0.1, 0.15) is 19.0 Å². The fourth-order valence-corrected chi connectivity index (χ4v) is 2.42. The zero-order chi connectivity index (χ0) is 15.5. The number of hydrogen-bond donors (Lipinski definition) is 0. The van der Waals surface area contributed by atoms with Gasteiger partial charge in [-0.3, -0.25) is 4.79 Å². The largest absolute Gasteiger partial charge is 0.411 e. The van der Waals surface area contributed by atoms with E-state index < -0.39 is 25.3 Å². The molecule has 0 N–H and O–H groups in total. The maximum atomic E-state index is 11.9. The number of carbonyl (C=O) groups excluding carboxylic acids is 1. The number of fused-ring (bicyclic) bond motifs is 1. The van der Waals surface area contributed by atoms with E-state index in [0.717, 1.165) is 25.2 Å². The number of rotatable bonds is 5. The van der Waals surface area contributed by atoms with E-state index in [1.165, 1.54) is 4.90 Å². The number of imidazole rings is 1. The summed E-state index contributed by atoms with van der Waals surface area (Å²) in [6.45, 7) is -0.585. The highest BCUT2D eigenvalue weighted by Gasteiger charge is 2.28. The van der Waals surface area contributed by atoms with Crippen LogP contribution in [0.4, 0.5) is 13.2 Å². The van der Waals surface area contributed by atoms with Gasteiger partial charge < -0.3 is 14.2 Å². The molecule has 0 aromatic carbocycles. The van der Waals surface area contributed by atoms with Crippen LogP contribution in [0.25, 0.3) is 0 Å². The third-order valence-corrected chi connectivity index (χ3v) is 3.50. The molecule has 1 aromatic heterocycles. The first-order valence-corrected chi connectivity index (χ1v) is 6.73. The van der Waals surface area contributed by atoms with Gasteiger partial charge in [0.2, 0.25) is 5.91 Å². The minimum atomic E-state index is -4.40. The molecule has 1 amide bonds. The summed E-state index contributed by atoms with van der Waals surface area (Å²) in [6.07, 6.45) is 0.959. The first-order chi connectivity index (χ1) is 9.85. The van der Waals surface area contributed by atoms with Crippen molar-refractivity contribution in [2.75, 3.05) is 26.8 Å². The van der Waals surface area contributed by atoms with Crippen LogP contribution in [-0.2, 0) is 22.5 Å². The Morgan fingerprint density at radius 2 is 2.33 bits per heavy atom. The summed E-state index contributed by atoms with van der Waals surface area (Å²) in [7, 11) is 1.58. The molecule has 0 radical (unpaired) electrons. The van der Waals surface area contributed by atoms with Crippen molar-refractivity contribution in [1.82, 2.24) is 14.5 Å². The topological polar surface area (TPSA) is 47.4 Å². The molecule has 1 aliphatic rings. The molecule has 2 heterocycles. The van der Waals surface area contributed by atoms with E-state index in [1.807, 2.05) is 6.20 Å². The molecule has 1 unspecified atom stereocenters. The predicted molar refractivity (Wildman–Crippen MR) is 68.5 cm³/mol. The lowest BCUT2D eigenvalue weighted by Crippen LogP contribution is -2.37. The first kappa shape index (κ1) is 15.8. The summed E-state index contributed by atoms with van der Waals surface area (Å²) in [5, 5.41) is 0. The summed E-state index contributed by atoms with van der Waals surface area (Å²) < 4.78 is 42.2. The smallest absolute Gasteiger partial charge is 0.362 e. The van der Waals surface area contributed by atoms with E-state index in [0.29, 0.717) is 6.54 Å². The number of likely N-dealkylation sites (N-methyl/N-ethyl adjacent to an activating group) is 1. The molecular formula is C13H18F3N3O2. The van der Waals surface area contributed by atoms with Crippen molar-refractivity contribution >= 4 is 5.91 Å². The number of halogens is 3. The highest BCUT2D eigenvalue weighted by Crippen LogP contribution is 2.20. The van der Waals surface area contributed by atoms with E-state index in [4.69, 9.17) is 0 Å². The van der Waals surface area contributed by atoms with Gasteiger partial charge in [-0.05, 0) is 12.3 Å². The monoisotopic (exact) mass is 305 g/mol. The van der Waals surface area contributed by atoms with Gasteiger partial charge in [-0.2, -0.15) is 13.2 Å². The predicted octanol–water partition coefficient (Wildman–Crippen LogP) is 1.48. The van der Waals surface area contributed by atoms with Crippen molar-refractivity contribution in [1.29, 1.82) is 0 Å². The molecule has 1 aliphatic heterocycles. The number of nitrogens with zero attached hydrogens (tertiary/aromatic N) is 3. The van der Waals surface area contributed by atoms with E-state index >= 15 is 0 Å². The zero-order valence-electron chi connectivity index (χ0n) is 11.8. The van der Waals surface area contributed by atoms with Crippen LogP contribution in [0.1, 0.15) is 12.2 Å². The van der Waals surface area contributed by atoms with E-state index in [2.05, 4.69) is 14.3 Å². The van der Waals surface area contributed by atoms with Crippen LogP contribution in [0.2, 0.25) is 0 Å². The van der Waals surface area contributed by atoms with E-state index in [-0.39, 0.29) is 5.92 Å². The molecule has 0 aliphatic carbocycles. The molecule has 0 saturated heterocycles. The van der Waals surface area contributed by atoms with E-state index in [1.54, 1.807) is 13.2 Å². The zero-order valence-corrected chi connectivity index (χ0v) is 11.8. The molecule has 118 valence electrons. The van der Waals surface area contributed by atoms with Gasteiger partial charge in [0.15, 0.2) is 0 Å². The SMILES string of the molecule is CN(CC1CCn2ccnc2C1)C(=O)COCC(F)(F)F. The lowest BCUT2D eigenvalue weighted by molar-refractivity contribution is -0.177. The Morgan fingerprint density at radius 1 is 1.57 bits per heavy atom.